The number of carbonyl (C=O) groups is 2. The molecular weight excluding hydrogens is 242 g/mol. The fourth-order valence-electron chi connectivity index (χ4n) is 1.16. The molecule has 1 aromatic rings. The SMILES string of the molecule is Cc1ccc(NC(=O)C[S@@](=O)CC(=O)[O-])cc1. The summed E-state index contributed by atoms with van der Waals surface area (Å²) in [7, 11) is -1.73. The molecule has 1 atom stereocenters. The van der Waals surface area contributed by atoms with Gasteiger partial charge in [-0.15, -0.1) is 0 Å². The molecule has 0 fully saturated rings. The minimum Gasteiger partial charge on any atom is -0.549 e. The summed E-state index contributed by atoms with van der Waals surface area (Å²) in [5.41, 5.74) is 1.65. The fourth-order valence-corrected chi connectivity index (χ4v) is 1.89. The molecule has 0 bridgehead atoms. The third-order valence-corrected chi connectivity index (χ3v) is 3.05. The molecular formula is C11H12NO4S-. The molecule has 1 amide bonds. The van der Waals surface area contributed by atoms with Crippen LogP contribution in [-0.2, 0) is 20.4 Å². The van der Waals surface area contributed by atoms with Crippen LogP contribution in [0.4, 0.5) is 5.69 Å². The summed E-state index contributed by atoms with van der Waals surface area (Å²) in [6.07, 6.45) is 0. The average molecular weight is 254 g/mol. The van der Waals surface area contributed by atoms with Gasteiger partial charge in [-0.05, 0) is 19.1 Å². The van der Waals surface area contributed by atoms with Crippen LogP contribution < -0.4 is 10.4 Å². The van der Waals surface area contributed by atoms with Crippen molar-refractivity contribution in [1.29, 1.82) is 0 Å². The van der Waals surface area contributed by atoms with E-state index in [1.54, 1.807) is 12.1 Å². The quantitative estimate of drug-likeness (QED) is 0.762. The largest absolute Gasteiger partial charge is 0.549 e. The van der Waals surface area contributed by atoms with Gasteiger partial charge in [0.15, 0.2) is 0 Å². The first-order chi connectivity index (χ1) is 7.97. The van der Waals surface area contributed by atoms with E-state index in [4.69, 9.17) is 0 Å². The maximum atomic E-state index is 11.4. The van der Waals surface area contributed by atoms with E-state index >= 15 is 0 Å². The average Bonchev–Trinajstić information content (AvgIpc) is 2.19. The van der Waals surface area contributed by atoms with Gasteiger partial charge in [0.25, 0.3) is 0 Å². The maximum absolute atomic E-state index is 11.4. The van der Waals surface area contributed by atoms with Crippen molar-refractivity contribution in [3.8, 4) is 0 Å². The van der Waals surface area contributed by atoms with E-state index < -0.39 is 28.4 Å². The molecule has 5 nitrogen and oxygen atoms in total. The molecule has 0 unspecified atom stereocenters. The van der Waals surface area contributed by atoms with Gasteiger partial charge in [-0.2, -0.15) is 0 Å². The number of aliphatic carboxylic acids is 1. The van der Waals surface area contributed by atoms with Crippen molar-refractivity contribution in [3.63, 3.8) is 0 Å². The van der Waals surface area contributed by atoms with Crippen molar-refractivity contribution in [2.45, 2.75) is 6.92 Å². The van der Waals surface area contributed by atoms with E-state index in [2.05, 4.69) is 5.32 Å². The Labute approximate surface area is 101 Å². The standard InChI is InChI=1S/C11H13NO4S/c1-8-2-4-9(5-3-8)12-10(13)6-17(16)7-11(14)15/h2-5H,6-7H2,1H3,(H,12,13)(H,14,15)/p-1/t17-/m1/s1. The van der Waals surface area contributed by atoms with E-state index in [-0.39, 0.29) is 5.75 Å². The second kappa shape index (κ2) is 6.15. The van der Waals surface area contributed by atoms with Gasteiger partial charge in [-0.25, -0.2) is 0 Å². The Morgan fingerprint density at radius 3 is 2.35 bits per heavy atom. The molecule has 6 heteroatoms. The molecule has 1 rings (SSSR count). The van der Waals surface area contributed by atoms with Crippen LogP contribution in [0.2, 0.25) is 0 Å². The first-order valence-electron chi connectivity index (χ1n) is 4.88. The van der Waals surface area contributed by atoms with Crippen LogP contribution in [0.1, 0.15) is 5.56 Å². The van der Waals surface area contributed by atoms with Crippen molar-refractivity contribution in [2.75, 3.05) is 16.8 Å². The zero-order valence-corrected chi connectivity index (χ0v) is 10.1. The number of anilines is 1. The van der Waals surface area contributed by atoms with Crippen LogP contribution in [0, 0.1) is 6.92 Å². The van der Waals surface area contributed by atoms with Crippen molar-refractivity contribution in [3.05, 3.63) is 29.8 Å². The molecule has 0 saturated heterocycles. The van der Waals surface area contributed by atoms with Gasteiger partial charge in [0, 0.05) is 16.5 Å². The van der Waals surface area contributed by atoms with Crippen molar-refractivity contribution in [1.82, 2.24) is 0 Å². The Morgan fingerprint density at radius 2 is 1.82 bits per heavy atom. The highest BCUT2D eigenvalue weighted by atomic mass is 32.2. The number of aryl methyl sites for hydroxylation is 1. The van der Waals surface area contributed by atoms with Gasteiger partial charge in [0.1, 0.15) is 5.75 Å². The van der Waals surface area contributed by atoms with E-state index in [1.807, 2.05) is 19.1 Å². The van der Waals surface area contributed by atoms with Crippen molar-refractivity contribution in [2.24, 2.45) is 0 Å². The summed E-state index contributed by atoms with van der Waals surface area (Å²) < 4.78 is 11.1. The lowest BCUT2D eigenvalue weighted by Crippen LogP contribution is -2.31. The number of hydrogen-bond donors (Lipinski definition) is 1. The molecule has 1 aromatic carbocycles. The van der Waals surface area contributed by atoms with Gasteiger partial charge in [0.05, 0.1) is 11.7 Å². The summed E-state index contributed by atoms with van der Waals surface area (Å²) in [6, 6.07) is 7.09. The molecule has 0 aliphatic carbocycles. The molecule has 0 aliphatic rings. The van der Waals surface area contributed by atoms with E-state index in [9.17, 15) is 18.9 Å². The summed E-state index contributed by atoms with van der Waals surface area (Å²) >= 11 is 0. The Bertz CT molecular complexity index is 441. The zero-order valence-electron chi connectivity index (χ0n) is 9.26. The van der Waals surface area contributed by atoms with E-state index in [1.165, 1.54) is 0 Å². The number of rotatable bonds is 5. The second-order valence-electron chi connectivity index (χ2n) is 3.51. The first-order valence-corrected chi connectivity index (χ1v) is 6.37. The fraction of sp³-hybridized carbons (Fsp3) is 0.273. The molecule has 0 aromatic heterocycles. The molecule has 0 saturated carbocycles. The molecule has 0 heterocycles. The summed E-state index contributed by atoms with van der Waals surface area (Å²) in [5, 5.41) is 12.7. The number of carboxylic acids is 1. The zero-order chi connectivity index (χ0) is 12.8. The Hall–Kier alpha value is -1.69. The Morgan fingerprint density at radius 1 is 1.24 bits per heavy atom. The van der Waals surface area contributed by atoms with Crippen LogP contribution in [0.5, 0.6) is 0 Å². The van der Waals surface area contributed by atoms with Crippen LogP contribution in [-0.4, -0.2) is 27.6 Å². The van der Waals surface area contributed by atoms with E-state index in [0.29, 0.717) is 5.69 Å². The summed E-state index contributed by atoms with van der Waals surface area (Å²) in [5.74, 6) is -2.87. The summed E-state index contributed by atoms with van der Waals surface area (Å²) in [6.45, 7) is 1.92. The molecule has 17 heavy (non-hydrogen) atoms. The van der Waals surface area contributed by atoms with Crippen LogP contribution in [0.3, 0.4) is 0 Å². The van der Waals surface area contributed by atoms with Gasteiger partial charge in [-0.3, -0.25) is 9.00 Å². The number of hydrogen-bond acceptors (Lipinski definition) is 4. The number of benzene rings is 1. The monoisotopic (exact) mass is 254 g/mol. The normalized spacial score (nSPS) is 11.8. The molecule has 0 spiro atoms. The van der Waals surface area contributed by atoms with Crippen molar-refractivity contribution < 1.29 is 18.9 Å². The topological polar surface area (TPSA) is 86.3 Å². The third kappa shape index (κ3) is 5.26. The minimum absolute atomic E-state index is 0.345. The predicted octanol–water partition coefficient (Wildman–Crippen LogP) is -0.568. The smallest absolute Gasteiger partial charge is 0.237 e. The second-order valence-corrected chi connectivity index (χ2v) is 4.97. The van der Waals surface area contributed by atoms with Crippen LogP contribution >= 0.6 is 0 Å². The highest BCUT2D eigenvalue weighted by molar-refractivity contribution is 7.86. The highest BCUT2D eigenvalue weighted by Crippen LogP contribution is 2.08. The number of amides is 1. The number of carbonyl (C=O) groups excluding carboxylic acids is 2. The first kappa shape index (κ1) is 13.4. The predicted molar refractivity (Wildman–Crippen MR) is 62.7 cm³/mol. The minimum atomic E-state index is -1.73. The van der Waals surface area contributed by atoms with Crippen molar-refractivity contribution >= 4 is 28.4 Å². The van der Waals surface area contributed by atoms with Crippen LogP contribution in [0.15, 0.2) is 24.3 Å². The number of carboxylic acid groups (broad SMARTS) is 1. The maximum Gasteiger partial charge on any atom is 0.237 e. The van der Waals surface area contributed by atoms with Gasteiger partial charge >= 0.3 is 0 Å². The third-order valence-electron chi connectivity index (χ3n) is 1.91. The molecule has 92 valence electrons. The highest BCUT2D eigenvalue weighted by Gasteiger charge is 2.08. The molecule has 0 aliphatic heterocycles. The summed E-state index contributed by atoms with van der Waals surface area (Å²) in [4.78, 5) is 21.5. The lowest BCUT2D eigenvalue weighted by molar-refractivity contribution is -0.301. The van der Waals surface area contributed by atoms with Gasteiger partial charge in [-0.1, -0.05) is 17.7 Å². The Kier molecular flexibility index (Phi) is 4.84. The number of nitrogens with one attached hydrogen (secondary N) is 1. The van der Waals surface area contributed by atoms with Gasteiger partial charge in [0.2, 0.25) is 5.91 Å². The van der Waals surface area contributed by atoms with Gasteiger partial charge < -0.3 is 15.2 Å². The Balaban J connectivity index is 2.47. The lowest BCUT2D eigenvalue weighted by atomic mass is 10.2. The molecule has 1 N–H and O–H groups in total. The van der Waals surface area contributed by atoms with Crippen LogP contribution in [0.25, 0.3) is 0 Å². The molecule has 0 radical (unpaired) electrons. The lowest BCUT2D eigenvalue weighted by Gasteiger charge is -2.06. The van der Waals surface area contributed by atoms with E-state index in [0.717, 1.165) is 5.56 Å².